The van der Waals surface area contributed by atoms with Crippen LogP contribution in [0.5, 0.6) is 0 Å². The number of hydrogen-bond acceptors (Lipinski definition) is 5. The Kier molecular flexibility index (Phi) is 8.02. The minimum atomic E-state index is -0.808. The maximum atomic E-state index is 12.5. The van der Waals surface area contributed by atoms with Gasteiger partial charge in [0.15, 0.2) is 0 Å². The average molecular weight is 481 g/mol. The summed E-state index contributed by atoms with van der Waals surface area (Å²) < 4.78 is 10.8. The second-order valence-electron chi connectivity index (χ2n) is 9.15. The van der Waals surface area contributed by atoms with Crippen molar-refractivity contribution in [3.05, 3.63) is 59.7 Å². The number of fused-ring (bicyclic) bond motifs is 3. The Morgan fingerprint density at radius 1 is 1.00 bits per heavy atom. The van der Waals surface area contributed by atoms with E-state index in [1.807, 2.05) is 24.3 Å². The van der Waals surface area contributed by atoms with Gasteiger partial charge in [-0.25, -0.2) is 4.79 Å². The lowest BCUT2D eigenvalue weighted by Crippen LogP contribution is -2.41. The molecule has 0 bridgehead atoms. The molecule has 1 saturated carbocycles. The van der Waals surface area contributed by atoms with Crippen molar-refractivity contribution in [1.29, 1.82) is 0 Å². The summed E-state index contributed by atoms with van der Waals surface area (Å²) in [6.45, 7) is 0.749. The van der Waals surface area contributed by atoms with Crippen LogP contribution in [0.3, 0.4) is 0 Å². The summed E-state index contributed by atoms with van der Waals surface area (Å²) in [6, 6.07) is 16.3. The molecule has 35 heavy (non-hydrogen) atoms. The molecule has 2 aliphatic rings. The van der Waals surface area contributed by atoms with Crippen molar-refractivity contribution < 1.29 is 29.0 Å². The van der Waals surface area contributed by atoms with Crippen LogP contribution in [0.1, 0.15) is 42.7 Å². The van der Waals surface area contributed by atoms with Gasteiger partial charge in [0.25, 0.3) is 0 Å². The third kappa shape index (κ3) is 5.65. The Balaban J connectivity index is 1.22. The van der Waals surface area contributed by atoms with Crippen LogP contribution in [-0.2, 0) is 19.1 Å². The summed E-state index contributed by atoms with van der Waals surface area (Å²) in [5, 5.41) is 14.8. The number of carbonyl (C=O) groups excluding carboxylic acids is 2. The zero-order valence-corrected chi connectivity index (χ0v) is 19.9. The van der Waals surface area contributed by atoms with E-state index in [9.17, 15) is 19.5 Å². The topological polar surface area (TPSA) is 114 Å². The number of benzene rings is 2. The molecule has 0 spiro atoms. The van der Waals surface area contributed by atoms with E-state index in [4.69, 9.17) is 9.47 Å². The maximum Gasteiger partial charge on any atom is 0.407 e. The van der Waals surface area contributed by atoms with Gasteiger partial charge in [-0.1, -0.05) is 55.0 Å². The highest BCUT2D eigenvalue weighted by Gasteiger charge is 2.33. The predicted octanol–water partition coefficient (Wildman–Crippen LogP) is 3.55. The number of amides is 2. The molecule has 1 fully saturated rings. The largest absolute Gasteiger partial charge is 0.481 e. The van der Waals surface area contributed by atoms with E-state index in [0.29, 0.717) is 13.0 Å². The number of aliphatic carboxylic acids is 1. The molecule has 2 amide bonds. The molecule has 3 N–H and O–H groups in total. The number of carbonyl (C=O) groups is 3. The highest BCUT2D eigenvalue weighted by atomic mass is 16.5. The van der Waals surface area contributed by atoms with Crippen molar-refractivity contribution in [1.82, 2.24) is 10.6 Å². The minimum Gasteiger partial charge on any atom is -0.481 e. The Morgan fingerprint density at radius 2 is 1.66 bits per heavy atom. The van der Waals surface area contributed by atoms with Crippen molar-refractivity contribution >= 4 is 18.0 Å². The fraction of sp³-hybridized carbons (Fsp3) is 0.444. The molecule has 0 saturated heterocycles. The number of hydrogen-bond donors (Lipinski definition) is 3. The minimum absolute atomic E-state index is 0.0177. The lowest BCUT2D eigenvalue weighted by Gasteiger charge is -2.20. The summed E-state index contributed by atoms with van der Waals surface area (Å²) in [4.78, 5) is 36.1. The number of alkyl carbamates (subject to hydrolysis) is 1. The first-order chi connectivity index (χ1) is 17.0. The summed E-state index contributed by atoms with van der Waals surface area (Å²) in [6.07, 6.45) is 1.28. The second kappa shape index (κ2) is 11.4. The van der Waals surface area contributed by atoms with Crippen LogP contribution in [0.2, 0.25) is 0 Å². The van der Waals surface area contributed by atoms with Gasteiger partial charge in [0.1, 0.15) is 12.7 Å². The molecule has 8 heteroatoms. The Hall–Kier alpha value is -3.39. The zero-order valence-electron chi connectivity index (χ0n) is 19.9. The number of carboxylic acid groups (broad SMARTS) is 1. The van der Waals surface area contributed by atoms with Crippen LogP contribution in [0.15, 0.2) is 48.5 Å². The number of methoxy groups -OCH3 is 1. The zero-order chi connectivity index (χ0) is 24.8. The van der Waals surface area contributed by atoms with Crippen molar-refractivity contribution in [3.63, 3.8) is 0 Å². The molecule has 2 aromatic rings. The van der Waals surface area contributed by atoms with Crippen LogP contribution in [0, 0.1) is 11.8 Å². The molecular formula is C27H32N2O6. The quantitative estimate of drug-likeness (QED) is 0.479. The first-order valence-corrected chi connectivity index (χ1v) is 12.1. The van der Waals surface area contributed by atoms with Crippen molar-refractivity contribution in [2.24, 2.45) is 11.8 Å². The van der Waals surface area contributed by atoms with Crippen LogP contribution in [-0.4, -0.2) is 56.0 Å². The lowest BCUT2D eigenvalue weighted by molar-refractivity contribution is -0.143. The molecule has 0 aliphatic heterocycles. The molecule has 0 heterocycles. The number of nitrogens with one attached hydrogen (secondary N) is 2. The third-order valence-electron chi connectivity index (χ3n) is 7.11. The summed E-state index contributed by atoms with van der Waals surface area (Å²) in [5.41, 5.74) is 4.62. The Bertz CT molecular complexity index is 1030. The van der Waals surface area contributed by atoms with Crippen molar-refractivity contribution in [2.45, 2.75) is 37.7 Å². The van der Waals surface area contributed by atoms with Gasteiger partial charge in [0.2, 0.25) is 5.91 Å². The van der Waals surface area contributed by atoms with Crippen LogP contribution in [0.25, 0.3) is 11.1 Å². The van der Waals surface area contributed by atoms with Crippen LogP contribution >= 0.6 is 0 Å². The van der Waals surface area contributed by atoms with E-state index in [-0.39, 0.29) is 37.3 Å². The van der Waals surface area contributed by atoms with Crippen LogP contribution < -0.4 is 10.6 Å². The van der Waals surface area contributed by atoms with E-state index < -0.39 is 24.1 Å². The second-order valence-corrected chi connectivity index (χ2v) is 9.15. The van der Waals surface area contributed by atoms with Gasteiger partial charge in [0.05, 0.1) is 5.92 Å². The van der Waals surface area contributed by atoms with Crippen molar-refractivity contribution in [3.8, 4) is 11.1 Å². The summed E-state index contributed by atoms with van der Waals surface area (Å²) in [7, 11) is 1.44. The van der Waals surface area contributed by atoms with E-state index in [0.717, 1.165) is 24.0 Å². The molecule has 0 radical (unpaired) electrons. The van der Waals surface area contributed by atoms with Crippen LogP contribution in [0.4, 0.5) is 4.79 Å². The average Bonchev–Trinajstić information content (AvgIpc) is 3.47. The van der Waals surface area contributed by atoms with Gasteiger partial charge in [0, 0.05) is 32.5 Å². The molecule has 4 rings (SSSR count). The summed E-state index contributed by atoms with van der Waals surface area (Å²) in [5.74, 6) is -1.61. The number of rotatable bonds is 10. The van der Waals surface area contributed by atoms with Gasteiger partial charge >= 0.3 is 12.1 Å². The lowest BCUT2D eigenvalue weighted by atomic mass is 9.96. The number of ether oxygens (including phenoxy) is 2. The monoisotopic (exact) mass is 480 g/mol. The highest BCUT2D eigenvalue weighted by Crippen LogP contribution is 2.44. The smallest absolute Gasteiger partial charge is 0.407 e. The molecule has 3 atom stereocenters. The molecule has 2 aliphatic carbocycles. The molecule has 8 nitrogen and oxygen atoms in total. The standard InChI is InChI=1S/C27H32N2O6/c1-34-24(25(30)29-15-17-7-6-12-18(17)26(31)32)13-14-28-27(33)35-16-23-21-10-4-2-8-19(21)20-9-3-5-11-22(20)23/h2-5,8-11,17-18,23-24H,6-7,12-16H2,1H3,(H,28,33)(H,29,30)(H,31,32). The first-order valence-electron chi connectivity index (χ1n) is 12.1. The fourth-order valence-electron chi connectivity index (χ4n) is 5.26. The normalized spacial score (nSPS) is 19.5. The molecule has 3 unspecified atom stereocenters. The highest BCUT2D eigenvalue weighted by molar-refractivity contribution is 5.81. The molecule has 2 aromatic carbocycles. The summed E-state index contributed by atoms with van der Waals surface area (Å²) >= 11 is 0. The van der Waals surface area contributed by atoms with Crippen molar-refractivity contribution in [2.75, 3.05) is 26.8 Å². The predicted molar refractivity (Wildman–Crippen MR) is 130 cm³/mol. The van der Waals surface area contributed by atoms with E-state index in [2.05, 4.69) is 34.9 Å². The molecular weight excluding hydrogens is 448 g/mol. The van der Waals surface area contributed by atoms with E-state index in [1.54, 1.807) is 0 Å². The van der Waals surface area contributed by atoms with Gasteiger partial charge in [-0.05, 0) is 41.0 Å². The molecule has 0 aromatic heterocycles. The Morgan fingerprint density at radius 3 is 2.29 bits per heavy atom. The van der Waals surface area contributed by atoms with Gasteiger partial charge < -0.3 is 25.2 Å². The Labute approximate surface area is 205 Å². The van der Waals surface area contributed by atoms with Gasteiger partial charge in [-0.3, -0.25) is 9.59 Å². The van der Waals surface area contributed by atoms with E-state index >= 15 is 0 Å². The fourth-order valence-corrected chi connectivity index (χ4v) is 5.26. The molecule has 186 valence electrons. The third-order valence-corrected chi connectivity index (χ3v) is 7.11. The van der Waals surface area contributed by atoms with Gasteiger partial charge in [-0.15, -0.1) is 0 Å². The first kappa shape index (κ1) is 24.7. The maximum absolute atomic E-state index is 12.5. The van der Waals surface area contributed by atoms with Gasteiger partial charge in [-0.2, -0.15) is 0 Å². The number of carboxylic acids is 1. The SMILES string of the molecule is COC(CCNC(=O)OCC1c2ccccc2-c2ccccc21)C(=O)NCC1CCCC1C(=O)O. The van der Waals surface area contributed by atoms with E-state index in [1.165, 1.54) is 18.2 Å².